The lowest BCUT2D eigenvalue weighted by molar-refractivity contribution is 0.205. The molecule has 1 fully saturated rings. The maximum atomic E-state index is 12.7. The van der Waals surface area contributed by atoms with Crippen LogP contribution < -0.4 is 5.73 Å². The maximum absolute atomic E-state index is 12.7. The lowest BCUT2D eigenvalue weighted by atomic mass is 9.93. The van der Waals surface area contributed by atoms with Crippen molar-refractivity contribution in [1.29, 1.82) is 0 Å². The van der Waals surface area contributed by atoms with Gasteiger partial charge in [0.2, 0.25) is 10.0 Å². The van der Waals surface area contributed by atoms with Crippen molar-refractivity contribution in [2.75, 3.05) is 25.1 Å². The molecule has 0 aromatic heterocycles. The molecule has 120 valence electrons. The van der Waals surface area contributed by atoms with Gasteiger partial charge in [0.1, 0.15) is 9.84 Å². The maximum Gasteiger partial charge on any atom is 0.217 e. The first-order chi connectivity index (χ1) is 9.15. The first-order valence-corrected chi connectivity index (χ1v) is 10.4. The number of hydrogen-bond donors (Lipinski definition) is 1. The van der Waals surface area contributed by atoms with Crippen LogP contribution in [0.15, 0.2) is 0 Å². The second kappa shape index (κ2) is 6.29. The summed E-state index contributed by atoms with van der Waals surface area (Å²) in [5.41, 5.74) is 5.22. The number of nitrogens with zero attached hydrogens (tertiary/aromatic N) is 1. The molecule has 2 N–H and O–H groups in total. The van der Waals surface area contributed by atoms with Crippen LogP contribution in [-0.4, -0.2) is 57.0 Å². The molecule has 1 aliphatic heterocycles. The zero-order valence-corrected chi connectivity index (χ0v) is 14.1. The molecule has 1 aliphatic rings. The quantitative estimate of drug-likeness (QED) is 0.759. The lowest BCUT2D eigenvalue weighted by Gasteiger charge is -2.41. The van der Waals surface area contributed by atoms with Crippen LogP contribution >= 0.6 is 0 Å². The van der Waals surface area contributed by atoms with Crippen LogP contribution in [-0.2, 0) is 19.9 Å². The molecule has 0 aliphatic carbocycles. The van der Waals surface area contributed by atoms with Crippen LogP contribution in [0, 0.1) is 0 Å². The van der Waals surface area contributed by atoms with E-state index in [-0.39, 0.29) is 30.9 Å². The fraction of sp³-hybridized carbons (Fsp3) is 1.00. The molecule has 0 spiro atoms. The molecular weight excluding hydrogens is 300 g/mol. The summed E-state index contributed by atoms with van der Waals surface area (Å²) in [5, 5.41) is -0.611. The minimum absolute atomic E-state index is 0.0430. The van der Waals surface area contributed by atoms with Crippen molar-refractivity contribution in [3.8, 4) is 0 Å². The fourth-order valence-corrected chi connectivity index (χ4v) is 6.71. The van der Waals surface area contributed by atoms with E-state index in [1.54, 1.807) is 7.05 Å². The van der Waals surface area contributed by atoms with Crippen molar-refractivity contribution in [2.24, 2.45) is 5.73 Å². The summed E-state index contributed by atoms with van der Waals surface area (Å²) in [6, 6.07) is 0. The van der Waals surface area contributed by atoms with E-state index < -0.39 is 30.6 Å². The Bertz CT molecular complexity index is 501. The van der Waals surface area contributed by atoms with Gasteiger partial charge in [-0.3, -0.25) is 0 Å². The van der Waals surface area contributed by atoms with Gasteiger partial charge in [0.15, 0.2) is 0 Å². The molecule has 0 amide bonds. The average Bonchev–Trinajstić information content (AvgIpc) is 2.40. The number of likely N-dealkylation sites (N-methyl/N-ethyl adjacent to an activating group) is 1. The molecule has 1 heterocycles. The standard InChI is InChI=1S/C12H26N2O4S2/c1-4-12(5-2,10-13)14(3)20(17,18)11-6-8-19(15,16)9-7-11/h11H,4-10,13H2,1-3H3. The smallest absolute Gasteiger partial charge is 0.217 e. The van der Waals surface area contributed by atoms with Crippen LogP contribution in [0.5, 0.6) is 0 Å². The van der Waals surface area contributed by atoms with Gasteiger partial charge >= 0.3 is 0 Å². The van der Waals surface area contributed by atoms with Crippen molar-refractivity contribution in [3.63, 3.8) is 0 Å². The van der Waals surface area contributed by atoms with Crippen LogP contribution in [0.25, 0.3) is 0 Å². The third-order valence-electron chi connectivity index (χ3n) is 4.67. The second-order valence-electron chi connectivity index (χ2n) is 5.50. The molecule has 6 nitrogen and oxygen atoms in total. The molecule has 20 heavy (non-hydrogen) atoms. The van der Waals surface area contributed by atoms with Gasteiger partial charge in [-0.05, 0) is 25.7 Å². The second-order valence-corrected chi connectivity index (χ2v) is 10.0. The SMILES string of the molecule is CCC(CC)(CN)N(C)S(=O)(=O)C1CCS(=O)(=O)CC1. The van der Waals surface area contributed by atoms with Gasteiger partial charge in [0, 0.05) is 19.1 Å². The first kappa shape index (κ1) is 17.9. The highest BCUT2D eigenvalue weighted by atomic mass is 32.2. The predicted octanol–water partition coefficient (Wildman–Crippen LogP) is 0.343. The third-order valence-corrected chi connectivity index (χ3v) is 8.85. The topological polar surface area (TPSA) is 97.5 Å². The third kappa shape index (κ3) is 3.35. The highest BCUT2D eigenvalue weighted by molar-refractivity contribution is 7.92. The Morgan fingerprint density at radius 1 is 1.20 bits per heavy atom. The normalized spacial score (nSPS) is 21.2. The van der Waals surface area contributed by atoms with Gasteiger partial charge in [-0.2, -0.15) is 4.31 Å². The van der Waals surface area contributed by atoms with E-state index in [9.17, 15) is 16.8 Å². The highest BCUT2D eigenvalue weighted by Gasteiger charge is 2.42. The Balaban J connectivity index is 2.99. The molecule has 0 aromatic carbocycles. The van der Waals surface area contributed by atoms with Gasteiger partial charge < -0.3 is 5.73 Å². The number of rotatable bonds is 6. The molecule has 0 bridgehead atoms. The molecule has 0 unspecified atom stereocenters. The Morgan fingerprint density at radius 2 is 1.65 bits per heavy atom. The van der Waals surface area contributed by atoms with Crippen molar-refractivity contribution in [2.45, 2.75) is 50.3 Å². The van der Waals surface area contributed by atoms with Crippen molar-refractivity contribution in [1.82, 2.24) is 4.31 Å². The summed E-state index contributed by atoms with van der Waals surface area (Å²) < 4.78 is 49.6. The Kier molecular flexibility index (Phi) is 5.62. The molecule has 1 saturated heterocycles. The fourth-order valence-electron chi connectivity index (χ4n) is 2.77. The van der Waals surface area contributed by atoms with Gasteiger partial charge in [-0.1, -0.05) is 13.8 Å². The summed E-state index contributed by atoms with van der Waals surface area (Å²) in [4.78, 5) is 0. The van der Waals surface area contributed by atoms with E-state index in [1.165, 1.54) is 4.31 Å². The van der Waals surface area contributed by atoms with Gasteiger partial charge in [0.05, 0.1) is 16.8 Å². The summed E-state index contributed by atoms with van der Waals surface area (Å²) in [7, 11) is -5.01. The number of nitrogens with two attached hydrogens (primary N) is 1. The Morgan fingerprint density at radius 3 is 2.00 bits per heavy atom. The summed E-state index contributed by atoms with van der Waals surface area (Å²) in [5.74, 6) is -0.0861. The van der Waals surface area contributed by atoms with E-state index in [1.807, 2.05) is 13.8 Å². The van der Waals surface area contributed by atoms with Crippen molar-refractivity contribution >= 4 is 19.9 Å². The van der Waals surface area contributed by atoms with E-state index in [0.29, 0.717) is 12.8 Å². The van der Waals surface area contributed by atoms with Gasteiger partial charge in [-0.25, -0.2) is 16.8 Å². The van der Waals surface area contributed by atoms with Crippen LogP contribution in [0.2, 0.25) is 0 Å². The van der Waals surface area contributed by atoms with E-state index in [2.05, 4.69) is 0 Å². The van der Waals surface area contributed by atoms with Gasteiger partial charge in [0.25, 0.3) is 0 Å². The Hall–Kier alpha value is -0.180. The lowest BCUT2D eigenvalue weighted by Crippen LogP contribution is -2.56. The zero-order valence-electron chi connectivity index (χ0n) is 12.5. The summed E-state index contributed by atoms with van der Waals surface area (Å²) in [6.07, 6.45) is 1.65. The minimum Gasteiger partial charge on any atom is -0.329 e. The van der Waals surface area contributed by atoms with Gasteiger partial charge in [-0.15, -0.1) is 0 Å². The van der Waals surface area contributed by atoms with Crippen LogP contribution in [0.3, 0.4) is 0 Å². The van der Waals surface area contributed by atoms with E-state index in [0.717, 1.165) is 0 Å². The molecule has 0 radical (unpaired) electrons. The van der Waals surface area contributed by atoms with Crippen LogP contribution in [0.4, 0.5) is 0 Å². The van der Waals surface area contributed by atoms with E-state index in [4.69, 9.17) is 5.73 Å². The average molecular weight is 326 g/mol. The number of hydrogen-bond acceptors (Lipinski definition) is 5. The molecule has 1 rings (SSSR count). The molecule has 0 aromatic rings. The molecule has 8 heteroatoms. The van der Waals surface area contributed by atoms with Crippen molar-refractivity contribution < 1.29 is 16.8 Å². The molecule has 0 atom stereocenters. The van der Waals surface area contributed by atoms with Crippen molar-refractivity contribution in [3.05, 3.63) is 0 Å². The Labute approximate surface area is 122 Å². The molecule has 0 saturated carbocycles. The largest absolute Gasteiger partial charge is 0.329 e. The minimum atomic E-state index is -3.52. The zero-order chi connectivity index (χ0) is 15.6. The number of sulfonamides is 1. The summed E-state index contributed by atoms with van der Waals surface area (Å²) >= 11 is 0. The predicted molar refractivity (Wildman–Crippen MR) is 80.7 cm³/mol. The first-order valence-electron chi connectivity index (χ1n) is 7.03. The highest BCUT2D eigenvalue weighted by Crippen LogP contribution is 2.30. The number of sulfone groups is 1. The molecular formula is C12H26N2O4S2. The monoisotopic (exact) mass is 326 g/mol. The van der Waals surface area contributed by atoms with E-state index >= 15 is 0 Å². The van der Waals surface area contributed by atoms with Crippen LogP contribution in [0.1, 0.15) is 39.5 Å². The summed E-state index contributed by atoms with van der Waals surface area (Å²) in [6.45, 7) is 4.11.